The molecule has 2 aromatic rings. The molecule has 2 aromatic carbocycles. The van der Waals surface area contributed by atoms with Crippen LogP contribution in [-0.4, -0.2) is 22.4 Å². The van der Waals surface area contributed by atoms with E-state index in [-0.39, 0.29) is 11.1 Å². The highest BCUT2D eigenvalue weighted by Crippen LogP contribution is 2.34. The minimum absolute atomic E-state index is 0.0118. The van der Waals surface area contributed by atoms with Crippen LogP contribution in [0.1, 0.15) is 11.1 Å². The fourth-order valence-corrected chi connectivity index (χ4v) is 2.68. The van der Waals surface area contributed by atoms with Crippen molar-refractivity contribution in [3.63, 3.8) is 0 Å². The van der Waals surface area contributed by atoms with Gasteiger partial charge in [-0.25, -0.2) is 4.79 Å². The van der Waals surface area contributed by atoms with E-state index in [0.717, 1.165) is 11.4 Å². The molecule has 0 aliphatic heterocycles. The Kier molecular flexibility index (Phi) is 4.13. The van der Waals surface area contributed by atoms with Crippen molar-refractivity contribution in [2.45, 2.75) is 6.10 Å². The van der Waals surface area contributed by atoms with Crippen molar-refractivity contribution in [2.24, 2.45) is 0 Å². The molecular formula is C18H12ClNO3. The number of aliphatic hydroxyl groups is 1. The van der Waals surface area contributed by atoms with E-state index < -0.39 is 11.3 Å². The molecule has 1 unspecified atom stereocenters. The maximum atomic E-state index is 11.4. The lowest BCUT2D eigenvalue weighted by Gasteiger charge is -2.21. The number of nitrogens with one attached hydrogen (secondary N) is 1. The van der Waals surface area contributed by atoms with Crippen molar-refractivity contribution in [3.05, 3.63) is 65.2 Å². The summed E-state index contributed by atoms with van der Waals surface area (Å²) < 4.78 is 0. The standard InChI is InChI=1S/C18H12ClNO3/c19-18(23)15-9-11-8-13(20-12-4-2-1-3-5-12)6-7-14(11)16(10-21)17(15)22/h1-9,17,20,22H. The first-order valence-corrected chi connectivity index (χ1v) is 7.29. The fourth-order valence-electron chi connectivity index (χ4n) is 2.52. The van der Waals surface area contributed by atoms with Crippen LogP contribution in [0.5, 0.6) is 0 Å². The average molecular weight is 326 g/mol. The van der Waals surface area contributed by atoms with Crippen LogP contribution in [0, 0.1) is 0 Å². The second-order valence-corrected chi connectivity index (χ2v) is 5.43. The largest absolute Gasteiger partial charge is 0.383 e. The van der Waals surface area contributed by atoms with Crippen LogP contribution < -0.4 is 5.32 Å². The molecular weight excluding hydrogens is 314 g/mol. The first kappa shape index (κ1) is 15.3. The summed E-state index contributed by atoms with van der Waals surface area (Å²) in [7, 11) is 0. The van der Waals surface area contributed by atoms with Gasteiger partial charge in [0.25, 0.3) is 5.24 Å². The van der Waals surface area contributed by atoms with Gasteiger partial charge in [-0.2, -0.15) is 0 Å². The molecule has 5 heteroatoms. The SMILES string of the molecule is O=C=C1c2ccc(Nc3ccccc3)cc2C=C(C(=O)Cl)C1O. The average Bonchev–Trinajstić information content (AvgIpc) is 2.55. The Morgan fingerprint density at radius 2 is 1.87 bits per heavy atom. The number of para-hydroxylation sites is 1. The Balaban J connectivity index is 2.05. The predicted octanol–water partition coefficient (Wildman–Crippen LogP) is 3.17. The molecule has 0 bridgehead atoms. The van der Waals surface area contributed by atoms with Crippen molar-refractivity contribution < 1.29 is 14.7 Å². The lowest BCUT2D eigenvalue weighted by Crippen LogP contribution is -2.21. The second kappa shape index (κ2) is 6.23. The second-order valence-electron chi connectivity index (χ2n) is 5.08. The van der Waals surface area contributed by atoms with E-state index in [4.69, 9.17) is 11.6 Å². The summed E-state index contributed by atoms with van der Waals surface area (Å²) in [5.41, 5.74) is 2.83. The molecule has 1 atom stereocenters. The third-order valence-electron chi connectivity index (χ3n) is 3.62. The number of carbonyl (C=O) groups is 1. The highest BCUT2D eigenvalue weighted by atomic mass is 35.5. The van der Waals surface area contributed by atoms with Crippen LogP contribution in [0.2, 0.25) is 0 Å². The van der Waals surface area contributed by atoms with Gasteiger partial charge in [-0.15, -0.1) is 0 Å². The van der Waals surface area contributed by atoms with E-state index in [9.17, 15) is 14.7 Å². The number of hydrogen-bond acceptors (Lipinski definition) is 4. The molecule has 23 heavy (non-hydrogen) atoms. The smallest absolute Gasteiger partial charge is 0.251 e. The van der Waals surface area contributed by atoms with E-state index in [1.807, 2.05) is 30.3 Å². The molecule has 1 aliphatic rings. The predicted molar refractivity (Wildman–Crippen MR) is 90.1 cm³/mol. The number of anilines is 2. The maximum absolute atomic E-state index is 11.4. The van der Waals surface area contributed by atoms with E-state index in [2.05, 4.69) is 5.32 Å². The monoisotopic (exact) mass is 325 g/mol. The van der Waals surface area contributed by atoms with Gasteiger partial charge in [0, 0.05) is 16.9 Å². The van der Waals surface area contributed by atoms with Gasteiger partial charge in [0.15, 0.2) is 0 Å². The summed E-state index contributed by atoms with van der Waals surface area (Å²) in [5.74, 6) is 1.71. The van der Waals surface area contributed by atoms with E-state index >= 15 is 0 Å². The quantitative estimate of drug-likeness (QED) is 0.672. The molecule has 1 aliphatic carbocycles. The van der Waals surface area contributed by atoms with Crippen molar-refractivity contribution in [3.8, 4) is 0 Å². The number of rotatable bonds is 3. The number of aliphatic hydroxyl groups excluding tert-OH is 1. The lowest BCUT2D eigenvalue weighted by molar-refractivity contribution is -0.109. The molecule has 0 radical (unpaired) electrons. The van der Waals surface area contributed by atoms with E-state index in [1.165, 1.54) is 6.08 Å². The Morgan fingerprint density at radius 3 is 2.52 bits per heavy atom. The van der Waals surface area contributed by atoms with Gasteiger partial charge >= 0.3 is 0 Å². The zero-order chi connectivity index (χ0) is 16.4. The molecule has 0 fully saturated rings. The van der Waals surface area contributed by atoms with Gasteiger partial charge in [0.05, 0.1) is 5.57 Å². The zero-order valence-corrected chi connectivity index (χ0v) is 12.7. The molecule has 0 aromatic heterocycles. The number of carbonyl (C=O) groups excluding carboxylic acids is 2. The first-order chi connectivity index (χ1) is 11.1. The highest BCUT2D eigenvalue weighted by Gasteiger charge is 2.29. The molecule has 0 saturated carbocycles. The van der Waals surface area contributed by atoms with Gasteiger partial charge < -0.3 is 10.4 Å². The first-order valence-electron chi connectivity index (χ1n) is 6.91. The molecule has 2 N–H and O–H groups in total. The fraction of sp³-hybridized carbons (Fsp3) is 0.0556. The van der Waals surface area contributed by atoms with Crippen molar-refractivity contribution >= 4 is 45.8 Å². The van der Waals surface area contributed by atoms with Gasteiger partial charge in [-0.3, -0.25) is 4.79 Å². The van der Waals surface area contributed by atoms with Crippen LogP contribution >= 0.6 is 11.6 Å². The van der Waals surface area contributed by atoms with Crippen molar-refractivity contribution in [2.75, 3.05) is 5.32 Å². The Morgan fingerprint density at radius 1 is 1.13 bits per heavy atom. The molecule has 4 nitrogen and oxygen atoms in total. The number of benzene rings is 2. The summed E-state index contributed by atoms with van der Waals surface area (Å²) in [6.07, 6.45) is 0.143. The molecule has 0 spiro atoms. The Bertz CT molecular complexity index is 852. The highest BCUT2D eigenvalue weighted by molar-refractivity contribution is 6.68. The number of hydrogen-bond donors (Lipinski definition) is 2. The van der Waals surface area contributed by atoms with Gasteiger partial charge in [0.1, 0.15) is 12.0 Å². The molecule has 0 saturated heterocycles. The summed E-state index contributed by atoms with van der Waals surface area (Å²) in [4.78, 5) is 22.6. The summed E-state index contributed by atoms with van der Waals surface area (Å²) in [5, 5.41) is 12.5. The normalized spacial score (nSPS) is 16.2. The molecule has 0 amide bonds. The van der Waals surface area contributed by atoms with Crippen LogP contribution in [0.3, 0.4) is 0 Å². The van der Waals surface area contributed by atoms with Crippen LogP contribution in [0.15, 0.2) is 54.1 Å². The van der Waals surface area contributed by atoms with Gasteiger partial charge in [-0.1, -0.05) is 24.3 Å². The molecule has 3 rings (SSSR count). The van der Waals surface area contributed by atoms with Crippen LogP contribution in [0.25, 0.3) is 11.6 Å². The minimum atomic E-state index is -1.35. The maximum Gasteiger partial charge on any atom is 0.251 e. The van der Waals surface area contributed by atoms with Gasteiger partial charge in [0.2, 0.25) is 0 Å². The lowest BCUT2D eigenvalue weighted by atomic mass is 9.86. The van der Waals surface area contributed by atoms with Crippen LogP contribution in [-0.2, 0) is 9.59 Å². The minimum Gasteiger partial charge on any atom is -0.383 e. The number of fused-ring (bicyclic) bond motifs is 1. The summed E-state index contributed by atoms with van der Waals surface area (Å²) in [6, 6.07) is 14.9. The number of halogens is 1. The van der Waals surface area contributed by atoms with Crippen LogP contribution in [0.4, 0.5) is 11.4 Å². The third-order valence-corrected chi connectivity index (χ3v) is 3.84. The van der Waals surface area contributed by atoms with Crippen molar-refractivity contribution in [1.29, 1.82) is 0 Å². The van der Waals surface area contributed by atoms with E-state index in [1.54, 1.807) is 24.1 Å². The topological polar surface area (TPSA) is 66.4 Å². The third kappa shape index (κ3) is 2.96. The summed E-state index contributed by atoms with van der Waals surface area (Å²) in [6.45, 7) is 0. The van der Waals surface area contributed by atoms with Gasteiger partial charge in [-0.05, 0) is 53.1 Å². The van der Waals surface area contributed by atoms with E-state index in [0.29, 0.717) is 11.1 Å². The molecule has 114 valence electrons. The molecule has 0 heterocycles. The Labute approximate surface area is 137 Å². The Hall–Kier alpha value is -2.65. The summed E-state index contributed by atoms with van der Waals surface area (Å²) >= 11 is 5.48. The van der Waals surface area contributed by atoms with Crippen molar-refractivity contribution in [1.82, 2.24) is 0 Å². The zero-order valence-electron chi connectivity index (χ0n) is 11.9.